The standard InChI is InChI=1S/C11H20N2O3S/c1-9(2)10(3)17(15,16)8-11(14)13(4)7-5-6-12/h9-10H,5,7-8H2,1-4H3. The highest BCUT2D eigenvalue weighted by Crippen LogP contribution is 2.12. The summed E-state index contributed by atoms with van der Waals surface area (Å²) in [6.07, 6.45) is 0.210. The van der Waals surface area contributed by atoms with E-state index in [1.165, 1.54) is 11.9 Å². The number of rotatable bonds is 6. The topological polar surface area (TPSA) is 78.2 Å². The quantitative estimate of drug-likeness (QED) is 0.708. The normalized spacial score (nSPS) is 13.2. The largest absolute Gasteiger partial charge is 0.344 e. The smallest absolute Gasteiger partial charge is 0.237 e. The summed E-state index contributed by atoms with van der Waals surface area (Å²) in [5.74, 6) is -0.946. The lowest BCUT2D eigenvalue weighted by Gasteiger charge is -2.19. The van der Waals surface area contributed by atoms with Gasteiger partial charge in [0, 0.05) is 13.6 Å². The van der Waals surface area contributed by atoms with Gasteiger partial charge in [-0.2, -0.15) is 5.26 Å². The Hall–Kier alpha value is -1.09. The average Bonchev–Trinajstić information content (AvgIpc) is 2.23. The molecule has 0 saturated carbocycles. The van der Waals surface area contributed by atoms with Crippen molar-refractivity contribution in [3.8, 4) is 6.07 Å². The molecule has 0 saturated heterocycles. The number of nitrogens with zero attached hydrogens (tertiary/aromatic N) is 2. The van der Waals surface area contributed by atoms with Crippen molar-refractivity contribution in [3.63, 3.8) is 0 Å². The van der Waals surface area contributed by atoms with Crippen molar-refractivity contribution < 1.29 is 13.2 Å². The number of nitriles is 1. The first-order chi connectivity index (χ1) is 7.72. The minimum absolute atomic E-state index is 0.0165. The van der Waals surface area contributed by atoms with Gasteiger partial charge in [-0.3, -0.25) is 4.79 Å². The highest BCUT2D eigenvalue weighted by Gasteiger charge is 2.27. The molecule has 0 spiro atoms. The number of hydrogen-bond donors (Lipinski definition) is 0. The fourth-order valence-electron chi connectivity index (χ4n) is 1.17. The summed E-state index contributed by atoms with van der Waals surface area (Å²) >= 11 is 0. The van der Waals surface area contributed by atoms with Crippen molar-refractivity contribution in [2.45, 2.75) is 32.4 Å². The van der Waals surface area contributed by atoms with E-state index in [2.05, 4.69) is 0 Å². The Labute approximate surface area is 103 Å². The lowest BCUT2D eigenvalue weighted by atomic mass is 10.2. The van der Waals surface area contributed by atoms with Crippen LogP contribution in [0.5, 0.6) is 0 Å². The second kappa shape index (κ2) is 6.60. The van der Waals surface area contributed by atoms with Gasteiger partial charge in [-0.05, 0) is 12.8 Å². The van der Waals surface area contributed by atoms with Crippen LogP contribution in [0.1, 0.15) is 27.2 Å². The van der Waals surface area contributed by atoms with E-state index >= 15 is 0 Å². The van der Waals surface area contributed by atoms with Gasteiger partial charge in [-0.1, -0.05) is 13.8 Å². The highest BCUT2D eigenvalue weighted by molar-refractivity contribution is 7.92. The lowest BCUT2D eigenvalue weighted by Crippen LogP contribution is -2.37. The SMILES string of the molecule is CC(C)C(C)S(=O)(=O)CC(=O)N(C)CCC#N. The molecule has 0 fully saturated rings. The molecule has 0 N–H and O–H groups in total. The van der Waals surface area contributed by atoms with E-state index < -0.39 is 26.7 Å². The maximum absolute atomic E-state index is 11.8. The number of amides is 1. The van der Waals surface area contributed by atoms with Gasteiger partial charge in [-0.25, -0.2) is 8.42 Å². The molecule has 17 heavy (non-hydrogen) atoms. The summed E-state index contributed by atoms with van der Waals surface area (Å²) in [7, 11) is -1.89. The van der Waals surface area contributed by atoms with E-state index in [1.807, 2.05) is 19.9 Å². The lowest BCUT2D eigenvalue weighted by molar-refractivity contribution is -0.127. The molecule has 0 radical (unpaired) electrons. The van der Waals surface area contributed by atoms with E-state index in [9.17, 15) is 13.2 Å². The number of carbonyl (C=O) groups excluding carboxylic acids is 1. The molecule has 0 aromatic carbocycles. The van der Waals surface area contributed by atoms with Crippen molar-refractivity contribution in [3.05, 3.63) is 0 Å². The fraction of sp³-hybridized carbons (Fsp3) is 0.818. The molecule has 0 heterocycles. The Morgan fingerprint density at radius 2 is 1.88 bits per heavy atom. The average molecular weight is 260 g/mol. The molecule has 0 aromatic heterocycles. The van der Waals surface area contributed by atoms with E-state index in [0.717, 1.165) is 0 Å². The Bertz CT molecular complexity index is 395. The van der Waals surface area contributed by atoms with E-state index in [-0.39, 0.29) is 18.9 Å². The summed E-state index contributed by atoms with van der Waals surface area (Å²) in [4.78, 5) is 12.9. The molecule has 0 aliphatic carbocycles. The minimum atomic E-state index is -3.40. The third-order valence-corrected chi connectivity index (χ3v) is 5.14. The molecular weight excluding hydrogens is 240 g/mol. The number of sulfone groups is 1. The monoisotopic (exact) mass is 260 g/mol. The van der Waals surface area contributed by atoms with Crippen LogP contribution in [-0.4, -0.2) is 43.8 Å². The van der Waals surface area contributed by atoms with Crippen LogP contribution in [0.25, 0.3) is 0 Å². The van der Waals surface area contributed by atoms with Gasteiger partial charge in [0.25, 0.3) is 0 Å². The van der Waals surface area contributed by atoms with Crippen molar-refractivity contribution in [2.75, 3.05) is 19.3 Å². The Balaban J connectivity index is 4.53. The first-order valence-corrected chi connectivity index (χ1v) is 7.26. The molecule has 5 nitrogen and oxygen atoms in total. The zero-order valence-electron chi connectivity index (χ0n) is 10.8. The Kier molecular flexibility index (Phi) is 6.18. The second-order valence-corrected chi connectivity index (χ2v) is 6.84. The number of carbonyl (C=O) groups is 1. The minimum Gasteiger partial charge on any atom is -0.344 e. The Morgan fingerprint density at radius 3 is 2.29 bits per heavy atom. The van der Waals surface area contributed by atoms with Gasteiger partial charge in [0.05, 0.1) is 17.7 Å². The van der Waals surface area contributed by atoms with Crippen LogP contribution in [0, 0.1) is 17.2 Å². The van der Waals surface area contributed by atoms with Crippen LogP contribution in [0.15, 0.2) is 0 Å². The molecule has 98 valence electrons. The van der Waals surface area contributed by atoms with Crippen LogP contribution >= 0.6 is 0 Å². The zero-order chi connectivity index (χ0) is 13.6. The maximum atomic E-state index is 11.8. The molecule has 1 atom stereocenters. The maximum Gasteiger partial charge on any atom is 0.237 e. The first kappa shape index (κ1) is 15.9. The van der Waals surface area contributed by atoms with Crippen molar-refractivity contribution in [1.82, 2.24) is 4.90 Å². The number of hydrogen-bond acceptors (Lipinski definition) is 4. The van der Waals surface area contributed by atoms with Crippen LogP contribution in [0.3, 0.4) is 0 Å². The van der Waals surface area contributed by atoms with E-state index in [0.29, 0.717) is 0 Å². The molecule has 0 aromatic rings. The molecule has 6 heteroatoms. The van der Waals surface area contributed by atoms with Crippen LogP contribution < -0.4 is 0 Å². The Morgan fingerprint density at radius 1 is 1.35 bits per heavy atom. The molecule has 0 aliphatic rings. The van der Waals surface area contributed by atoms with Crippen molar-refractivity contribution in [1.29, 1.82) is 5.26 Å². The van der Waals surface area contributed by atoms with Gasteiger partial charge >= 0.3 is 0 Å². The van der Waals surface area contributed by atoms with Crippen molar-refractivity contribution in [2.24, 2.45) is 5.92 Å². The molecule has 0 bridgehead atoms. The summed E-state index contributed by atoms with van der Waals surface area (Å²) in [6.45, 7) is 5.50. The molecule has 1 amide bonds. The zero-order valence-corrected chi connectivity index (χ0v) is 11.6. The highest BCUT2D eigenvalue weighted by atomic mass is 32.2. The third-order valence-electron chi connectivity index (χ3n) is 2.81. The van der Waals surface area contributed by atoms with Gasteiger partial charge in [0.15, 0.2) is 9.84 Å². The molecule has 0 aliphatic heterocycles. The van der Waals surface area contributed by atoms with Crippen LogP contribution in [0.4, 0.5) is 0 Å². The molecule has 1 unspecified atom stereocenters. The summed E-state index contributed by atoms with van der Waals surface area (Å²) in [6, 6.07) is 1.91. The summed E-state index contributed by atoms with van der Waals surface area (Å²) < 4.78 is 23.7. The molecule has 0 rings (SSSR count). The molecular formula is C11H20N2O3S. The van der Waals surface area contributed by atoms with Gasteiger partial charge in [0.1, 0.15) is 5.75 Å². The second-order valence-electron chi connectivity index (χ2n) is 4.48. The van der Waals surface area contributed by atoms with Crippen LogP contribution in [-0.2, 0) is 14.6 Å². The van der Waals surface area contributed by atoms with Crippen LogP contribution in [0.2, 0.25) is 0 Å². The van der Waals surface area contributed by atoms with Crippen molar-refractivity contribution >= 4 is 15.7 Å². The van der Waals surface area contributed by atoms with Gasteiger partial charge in [0.2, 0.25) is 5.91 Å². The van der Waals surface area contributed by atoms with Gasteiger partial charge < -0.3 is 4.90 Å². The fourth-order valence-corrected chi connectivity index (χ4v) is 2.83. The summed E-state index contributed by atoms with van der Waals surface area (Å²) in [5, 5.41) is 7.85. The van der Waals surface area contributed by atoms with E-state index in [1.54, 1.807) is 6.92 Å². The van der Waals surface area contributed by atoms with E-state index in [4.69, 9.17) is 5.26 Å². The predicted molar refractivity (Wildman–Crippen MR) is 66.0 cm³/mol. The van der Waals surface area contributed by atoms with Gasteiger partial charge in [-0.15, -0.1) is 0 Å². The first-order valence-electron chi connectivity index (χ1n) is 5.54. The third kappa shape index (κ3) is 5.18. The summed E-state index contributed by atoms with van der Waals surface area (Å²) in [5.41, 5.74) is 0. The predicted octanol–water partition coefficient (Wildman–Crippen LogP) is 0.818.